The molecular weight excluding hydrogens is 418 g/mol. The third-order valence-corrected chi connectivity index (χ3v) is 5.05. The van der Waals surface area contributed by atoms with E-state index in [0.717, 1.165) is 0 Å². The van der Waals surface area contributed by atoms with Gasteiger partial charge in [0.2, 0.25) is 5.91 Å². The fourth-order valence-corrected chi connectivity index (χ4v) is 3.48. The lowest BCUT2D eigenvalue weighted by atomic mass is 9.93. The quantitative estimate of drug-likeness (QED) is 0.540. The van der Waals surface area contributed by atoms with Gasteiger partial charge in [0.1, 0.15) is 11.7 Å². The van der Waals surface area contributed by atoms with Crippen molar-refractivity contribution in [1.82, 2.24) is 15.6 Å². The Balaban J connectivity index is 2.04. The topological polar surface area (TPSA) is 119 Å². The fraction of sp³-hybridized carbons (Fsp3) is 0.273. The molecule has 9 heteroatoms. The van der Waals surface area contributed by atoms with E-state index < -0.39 is 12.0 Å². The van der Waals surface area contributed by atoms with Crippen LogP contribution in [0.25, 0.3) is 0 Å². The van der Waals surface area contributed by atoms with Crippen molar-refractivity contribution in [2.75, 3.05) is 20.2 Å². The molecule has 1 aromatic carbocycles. The molecule has 1 amide bonds. The van der Waals surface area contributed by atoms with Gasteiger partial charge in [-0.3, -0.25) is 14.8 Å². The lowest BCUT2D eigenvalue weighted by Crippen LogP contribution is -2.35. The number of halogens is 1. The zero-order valence-corrected chi connectivity index (χ0v) is 17.9. The molecule has 1 atom stereocenters. The van der Waals surface area contributed by atoms with Crippen molar-refractivity contribution < 1.29 is 14.3 Å². The van der Waals surface area contributed by atoms with Gasteiger partial charge in [-0.1, -0.05) is 35.9 Å². The minimum Gasteiger partial charge on any atom is -0.466 e. The molecule has 0 spiro atoms. The van der Waals surface area contributed by atoms with Crippen LogP contribution in [-0.4, -0.2) is 42.9 Å². The van der Waals surface area contributed by atoms with Gasteiger partial charge in [-0.05, 0) is 24.6 Å². The van der Waals surface area contributed by atoms with Gasteiger partial charge in [0.15, 0.2) is 5.84 Å². The zero-order chi connectivity index (χ0) is 22.2. The van der Waals surface area contributed by atoms with Gasteiger partial charge in [-0.15, -0.1) is 0 Å². The summed E-state index contributed by atoms with van der Waals surface area (Å²) in [7, 11) is 1.31. The summed E-state index contributed by atoms with van der Waals surface area (Å²) in [5.74, 6) is -0.227. The van der Waals surface area contributed by atoms with E-state index in [1.165, 1.54) is 7.11 Å². The molecule has 1 aromatic heterocycles. The first-order valence-corrected chi connectivity index (χ1v) is 10.2. The Kier molecular flexibility index (Phi) is 7.75. The number of rotatable bonds is 8. The van der Waals surface area contributed by atoms with Crippen molar-refractivity contribution in [2.24, 2.45) is 10.7 Å². The van der Waals surface area contributed by atoms with Gasteiger partial charge in [0.25, 0.3) is 0 Å². The smallest absolute Gasteiger partial charge is 0.338 e. The highest BCUT2D eigenvalue weighted by Crippen LogP contribution is 2.36. The van der Waals surface area contributed by atoms with Crippen LogP contribution < -0.4 is 16.4 Å². The number of ether oxygens (including phenoxy) is 1. The summed E-state index contributed by atoms with van der Waals surface area (Å²) in [6, 6.07) is 11.9. The molecule has 1 aliphatic heterocycles. The highest BCUT2D eigenvalue weighted by molar-refractivity contribution is 6.31. The van der Waals surface area contributed by atoms with Gasteiger partial charge < -0.3 is 21.1 Å². The number of nitrogens with one attached hydrogen (secondary N) is 2. The lowest BCUT2D eigenvalue weighted by Gasteiger charge is -2.27. The Morgan fingerprint density at radius 3 is 2.68 bits per heavy atom. The Labute approximate surface area is 185 Å². The number of allylic oxidation sites excluding steroid dienone is 1. The molecule has 162 valence electrons. The van der Waals surface area contributed by atoms with E-state index in [1.807, 2.05) is 24.3 Å². The number of hydrogen-bond donors (Lipinski definition) is 3. The molecular formula is C22H24ClN5O3. The van der Waals surface area contributed by atoms with Crippen LogP contribution in [0.3, 0.4) is 0 Å². The number of amidine groups is 1. The summed E-state index contributed by atoms with van der Waals surface area (Å²) in [6.45, 7) is 0.739. The van der Waals surface area contributed by atoms with Crippen LogP contribution in [0.4, 0.5) is 0 Å². The number of hydrogen-bond acceptors (Lipinski definition) is 7. The van der Waals surface area contributed by atoms with Crippen LogP contribution in [0, 0.1) is 0 Å². The van der Waals surface area contributed by atoms with Gasteiger partial charge >= 0.3 is 5.97 Å². The van der Waals surface area contributed by atoms with E-state index in [4.69, 9.17) is 27.1 Å². The van der Waals surface area contributed by atoms with Crippen LogP contribution in [0.5, 0.6) is 0 Å². The molecule has 3 rings (SSSR count). The summed E-state index contributed by atoms with van der Waals surface area (Å²) < 4.78 is 5.04. The van der Waals surface area contributed by atoms with Crippen LogP contribution in [0.1, 0.15) is 30.1 Å². The average Bonchev–Trinajstić information content (AvgIpc) is 2.81. The Bertz CT molecular complexity index is 1010. The Morgan fingerprint density at radius 2 is 2.00 bits per heavy atom. The van der Waals surface area contributed by atoms with Crippen molar-refractivity contribution in [1.29, 1.82) is 0 Å². The van der Waals surface area contributed by atoms with Crippen LogP contribution in [0.15, 0.2) is 64.9 Å². The first-order valence-electron chi connectivity index (χ1n) is 9.84. The number of benzene rings is 1. The first kappa shape index (κ1) is 22.5. The molecule has 0 saturated carbocycles. The molecule has 1 aliphatic rings. The maximum atomic E-state index is 12.8. The third kappa shape index (κ3) is 5.48. The van der Waals surface area contributed by atoms with Crippen molar-refractivity contribution in [2.45, 2.75) is 18.9 Å². The van der Waals surface area contributed by atoms with Gasteiger partial charge in [0, 0.05) is 42.0 Å². The summed E-state index contributed by atoms with van der Waals surface area (Å²) in [5.41, 5.74) is 7.55. The second-order valence-electron chi connectivity index (χ2n) is 6.76. The fourth-order valence-electron chi connectivity index (χ4n) is 3.24. The highest BCUT2D eigenvalue weighted by atomic mass is 35.5. The number of aliphatic imine (C=N–C) groups is 1. The number of amides is 1. The number of carbonyl (C=O) groups excluding carboxylic acids is 2. The SMILES string of the molecule is COC(=O)C1=C(CCC(=O)NCCN)NC(c2ccccn2)=NC1c1ccccc1Cl. The van der Waals surface area contributed by atoms with Gasteiger partial charge in [-0.2, -0.15) is 0 Å². The Hall–Kier alpha value is -3.23. The highest BCUT2D eigenvalue weighted by Gasteiger charge is 2.33. The lowest BCUT2D eigenvalue weighted by molar-refractivity contribution is -0.136. The third-order valence-electron chi connectivity index (χ3n) is 4.71. The van der Waals surface area contributed by atoms with E-state index in [-0.39, 0.29) is 18.7 Å². The summed E-state index contributed by atoms with van der Waals surface area (Å²) >= 11 is 6.44. The molecule has 0 saturated heterocycles. The first-order chi connectivity index (χ1) is 15.0. The number of esters is 1. The number of aromatic nitrogens is 1. The second kappa shape index (κ2) is 10.7. The number of methoxy groups -OCH3 is 1. The molecule has 4 N–H and O–H groups in total. The van der Waals surface area contributed by atoms with E-state index in [9.17, 15) is 9.59 Å². The molecule has 0 fully saturated rings. The van der Waals surface area contributed by atoms with Gasteiger partial charge in [-0.25, -0.2) is 4.79 Å². The number of carbonyl (C=O) groups is 2. The van der Waals surface area contributed by atoms with Crippen LogP contribution in [-0.2, 0) is 14.3 Å². The summed E-state index contributed by atoms with van der Waals surface area (Å²) in [5, 5.41) is 6.39. The van der Waals surface area contributed by atoms with Crippen molar-refractivity contribution in [3.8, 4) is 0 Å². The second-order valence-corrected chi connectivity index (χ2v) is 7.17. The monoisotopic (exact) mass is 441 g/mol. The zero-order valence-electron chi connectivity index (χ0n) is 17.1. The average molecular weight is 442 g/mol. The minimum atomic E-state index is -0.707. The van der Waals surface area contributed by atoms with Crippen LogP contribution in [0.2, 0.25) is 5.02 Å². The van der Waals surface area contributed by atoms with Gasteiger partial charge in [0.05, 0.1) is 12.7 Å². The molecule has 0 bridgehead atoms. The van der Waals surface area contributed by atoms with Crippen molar-refractivity contribution >= 4 is 29.3 Å². The minimum absolute atomic E-state index is 0.160. The van der Waals surface area contributed by atoms with E-state index >= 15 is 0 Å². The molecule has 2 aromatic rings. The molecule has 8 nitrogen and oxygen atoms in total. The molecule has 0 radical (unpaired) electrons. The van der Waals surface area contributed by atoms with Crippen molar-refractivity contribution in [3.63, 3.8) is 0 Å². The number of nitrogens with zero attached hydrogens (tertiary/aromatic N) is 2. The molecule has 1 unspecified atom stereocenters. The predicted molar refractivity (Wildman–Crippen MR) is 118 cm³/mol. The van der Waals surface area contributed by atoms with Crippen LogP contribution >= 0.6 is 11.6 Å². The predicted octanol–water partition coefficient (Wildman–Crippen LogP) is 2.11. The maximum Gasteiger partial charge on any atom is 0.338 e. The molecule has 31 heavy (non-hydrogen) atoms. The van der Waals surface area contributed by atoms with Crippen molar-refractivity contribution in [3.05, 3.63) is 76.2 Å². The Morgan fingerprint density at radius 1 is 1.23 bits per heavy atom. The summed E-state index contributed by atoms with van der Waals surface area (Å²) in [6.07, 6.45) is 2.09. The number of nitrogens with two attached hydrogens (primary N) is 1. The number of pyridine rings is 1. The van der Waals surface area contributed by atoms with E-state index in [2.05, 4.69) is 15.6 Å². The van der Waals surface area contributed by atoms with E-state index in [0.29, 0.717) is 46.5 Å². The maximum absolute atomic E-state index is 12.8. The molecule has 0 aliphatic carbocycles. The summed E-state index contributed by atoms with van der Waals surface area (Å²) in [4.78, 5) is 34.0. The normalized spacial score (nSPS) is 15.7. The standard InChI is InChI=1S/C22H24ClN5O3/c1-31-22(30)19-16(9-10-18(29)26-13-11-24)27-21(17-8-4-5-12-25-17)28-20(19)14-6-2-3-7-15(14)23/h2-8,12,20H,9-11,13,24H2,1H3,(H,26,29)(H,27,28). The largest absolute Gasteiger partial charge is 0.466 e. The molecule has 2 heterocycles. The van der Waals surface area contributed by atoms with E-state index in [1.54, 1.807) is 24.4 Å².